The second-order valence-corrected chi connectivity index (χ2v) is 12.9. The smallest absolute Gasteiger partial charge is 0.252 e. The van der Waals surface area contributed by atoms with Crippen LogP contribution in [0.25, 0.3) is 0 Å². The summed E-state index contributed by atoms with van der Waals surface area (Å²) in [7, 11) is -1.99. The second-order valence-electron chi connectivity index (χ2n) is 9.55. The molecular weight excluding hydrogens is 572 g/mol. The van der Waals surface area contributed by atoms with Gasteiger partial charge in [-0.15, -0.1) is 11.3 Å². The number of benzene rings is 3. The topological polar surface area (TPSA) is 131 Å². The Balaban J connectivity index is 0.000000385. The summed E-state index contributed by atoms with van der Waals surface area (Å²) in [4.78, 5) is 23.6. The third-order valence-corrected chi connectivity index (χ3v) is 10.1. The van der Waals surface area contributed by atoms with Crippen molar-refractivity contribution in [3.8, 4) is 5.75 Å². The van der Waals surface area contributed by atoms with Gasteiger partial charge in [0.15, 0.2) is 0 Å². The molecule has 1 saturated heterocycles. The number of ether oxygens (including phenoxy) is 1. The van der Waals surface area contributed by atoms with Gasteiger partial charge in [-0.3, -0.25) is 9.59 Å². The Morgan fingerprint density at radius 3 is 2.17 bits per heavy atom. The summed E-state index contributed by atoms with van der Waals surface area (Å²) in [6.45, 7) is 1.22. The molecule has 5 rings (SSSR count). The summed E-state index contributed by atoms with van der Waals surface area (Å²) >= 11 is 1.20. The van der Waals surface area contributed by atoms with Crippen LogP contribution in [0.3, 0.4) is 0 Å². The average Bonchev–Trinajstić information content (AvgIpc) is 3.52. The molecule has 0 unspecified atom stereocenters. The summed E-state index contributed by atoms with van der Waals surface area (Å²) in [5.74, 6) is -0.00909. The maximum absolute atomic E-state index is 13.1. The van der Waals surface area contributed by atoms with Crippen LogP contribution < -0.4 is 21.1 Å². The van der Waals surface area contributed by atoms with Gasteiger partial charge >= 0.3 is 0 Å². The lowest BCUT2D eigenvalue weighted by molar-refractivity contribution is 0.0949. The number of rotatable bonds is 9. The number of nitrogens with zero attached hydrogens (tertiary/aromatic N) is 1. The number of piperidine rings is 1. The molecule has 4 N–H and O–H groups in total. The third-order valence-electron chi connectivity index (χ3n) is 6.64. The highest BCUT2D eigenvalue weighted by molar-refractivity contribution is 7.91. The van der Waals surface area contributed by atoms with E-state index in [1.807, 2.05) is 36.4 Å². The molecule has 0 saturated carbocycles. The molecule has 1 fully saturated rings. The number of methoxy groups -OCH3 is 1. The van der Waals surface area contributed by atoms with Crippen molar-refractivity contribution in [3.63, 3.8) is 0 Å². The van der Waals surface area contributed by atoms with Crippen molar-refractivity contribution in [2.24, 2.45) is 5.73 Å². The van der Waals surface area contributed by atoms with Gasteiger partial charge in [-0.1, -0.05) is 42.5 Å². The first-order valence-electron chi connectivity index (χ1n) is 13.4. The number of primary amides is 1. The highest BCUT2D eigenvalue weighted by Gasteiger charge is 2.30. The van der Waals surface area contributed by atoms with Crippen LogP contribution in [-0.2, 0) is 16.6 Å². The minimum atomic E-state index is -3.54. The van der Waals surface area contributed by atoms with E-state index in [-0.39, 0.29) is 24.4 Å². The van der Waals surface area contributed by atoms with E-state index in [2.05, 4.69) is 10.6 Å². The van der Waals surface area contributed by atoms with E-state index >= 15 is 0 Å². The maximum Gasteiger partial charge on any atom is 0.252 e. The number of carbonyl (C=O) groups excluding carboxylic acids is 2. The van der Waals surface area contributed by atoms with Crippen LogP contribution in [0.4, 0.5) is 5.69 Å². The van der Waals surface area contributed by atoms with E-state index in [0.717, 1.165) is 23.4 Å². The predicted molar refractivity (Wildman–Crippen MR) is 165 cm³/mol. The fraction of sp³-hybridized carbons (Fsp3) is 0.226. The first-order chi connectivity index (χ1) is 20.3. The fourth-order valence-corrected chi connectivity index (χ4v) is 7.29. The Bertz CT molecular complexity index is 1570. The molecule has 0 radical (unpaired) electrons. The van der Waals surface area contributed by atoms with Crippen molar-refractivity contribution in [2.45, 2.75) is 29.6 Å². The van der Waals surface area contributed by atoms with Crippen molar-refractivity contribution < 1.29 is 22.7 Å². The van der Waals surface area contributed by atoms with Gasteiger partial charge in [0.05, 0.1) is 13.7 Å². The predicted octanol–water partition coefficient (Wildman–Crippen LogP) is 4.74. The van der Waals surface area contributed by atoms with E-state index < -0.39 is 10.0 Å². The Morgan fingerprint density at radius 1 is 0.905 bits per heavy atom. The second kappa shape index (κ2) is 14.6. The zero-order chi connectivity index (χ0) is 30.0. The molecule has 1 aliphatic heterocycles. The van der Waals surface area contributed by atoms with Crippen LogP contribution in [0, 0.1) is 0 Å². The van der Waals surface area contributed by atoms with E-state index in [9.17, 15) is 18.0 Å². The number of carbonyl (C=O) groups is 2. The molecular formula is C31H34N4O5S2. The first-order valence-corrected chi connectivity index (χ1v) is 15.7. The highest BCUT2D eigenvalue weighted by Crippen LogP contribution is 2.28. The maximum atomic E-state index is 13.1. The molecule has 0 atom stereocenters. The Hall–Kier alpha value is -4.19. The number of amides is 2. The van der Waals surface area contributed by atoms with Gasteiger partial charge in [0.2, 0.25) is 5.91 Å². The Morgan fingerprint density at radius 2 is 1.55 bits per heavy atom. The third kappa shape index (κ3) is 8.41. The number of hydrogen-bond acceptors (Lipinski definition) is 7. The minimum Gasteiger partial charge on any atom is -0.497 e. The number of anilines is 1. The number of hydrogen-bond donors (Lipinski definition) is 3. The molecule has 0 aliphatic carbocycles. The molecule has 1 aliphatic rings. The molecule has 0 spiro atoms. The highest BCUT2D eigenvalue weighted by atomic mass is 32.2. The van der Waals surface area contributed by atoms with Gasteiger partial charge in [-0.2, -0.15) is 4.31 Å². The van der Waals surface area contributed by atoms with Crippen molar-refractivity contribution in [2.75, 3.05) is 25.5 Å². The first kappa shape index (κ1) is 30.8. The van der Waals surface area contributed by atoms with Crippen LogP contribution in [0.5, 0.6) is 5.75 Å². The lowest BCUT2D eigenvalue weighted by Crippen LogP contribution is -2.42. The van der Waals surface area contributed by atoms with Crippen LogP contribution in [-0.4, -0.2) is 50.8 Å². The van der Waals surface area contributed by atoms with Gasteiger partial charge < -0.3 is 21.1 Å². The monoisotopic (exact) mass is 606 g/mol. The van der Waals surface area contributed by atoms with Crippen LogP contribution in [0.15, 0.2) is 101 Å². The molecule has 9 nitrogen and oxygen atoms in total. The summed E-state index contributed by atoms with van der Waals surface area (Å²) in [5.41, 5.74) is 7.07. The standard InChI is InChI=1S/C24H27N3O4S2.C7H7NO/c1-31-21-9-5-6-18(16-21)24(28)25-17-22-10-11-23(32-22)33(29,30)27-14-12-20(13-15-27)26-19-7-3-2-4-8-19;8-7(9)6-4-2-1-3-5-6/h2-11,16,20,26H,12-15,17H2,1H3,(H,25,28);1-5H,(H2,8,9). The number of thiophene rings is 1. The van der Waals surface area contributed by atoms with Crippen LogP contribution in [0.1, 0.15) is 38.4 Å². The minimum absolute atomic E-state index is 0.236. The molecule has 2 heterocycles. The van der Waals surface area contributed by atoms with Gasteiger partial charge in [-0.05, 0) is 67.4 Å². The molecule has 2 amide bonds. The number of nitrogens with one attached hydrogen (secondary N) is 2. The quantitative estimate of drug-likeness (QED) is 0.252. The molecule has 220 valence electrons. The van der Waals surface area contributed by atoms with Gasteiger partial charge in [0, 0.05) is 40.8 Å². The summed E-state index contributed by atoms with van der Waals surface area (Å²) < 4.78 is 33.2. The van der Waals surface area contributed by atoms with E-state index in [4.69, 9.17) is 10.5 Å². The normalized spacial score (nSPS) is 13.8. The van der Waals surface area contributed by atoms with Gasteiger partial charge in [-0.25, -0.2) is 8.42 Å². The number of para-hydroxylation sites is 1. The lowest BCUT2D eigenvalue weighted by atomic mass is 10.1. The SMILES string of the molecule is COc1cccc(C(=O)NCc2ccc(S(=O)(=O)N3CCC(Nc4ccccc4)CC3)s2)c1.NC(=O)c1ccccc1. The Labute approximate surface area is 250 Å². The van der Waals surface area contributed by atoms with Crippen molar-refractivity contribution in [1.82, 2.24) is 9.62 Å². The largest absolute Gasteiger partial charge is 0.497 e. The van der Waals surface area contributed by atoms with Gasteiger partial charge in [0.25, 0.3) is 15.9 Å². The zero-order valence-corrected chi connectivity index (χ0v) is 24.9. The molecule has 3 aromatic carbocycles. The van der Waals surface area contributed by atoms with Crippen molar-refractivity contribution >= 4 is 38.9 Å². The van der Waals surface area contributed by atoms with Crippen molar-refractivity contribution in [3.05, 3.63) is 113 Å². The average molecular weight is 607 g/mol. The fourth-order valence-electron chi connectivity index (χ4n) is 4.37. The summed E-state index contributed by atoms with van der Waals surface area (Å²) in [5, 5.41) is 6.32. The Kier molecular flexibility index (Phi) is 10.7. The summed E-state index contributed by atoms with van der Waals surface area (Å²) in [6, 6.07) is 29.3. The molecule has 11 heteroatoms. The van der Waals surface area contributed by atoms with Crippen LogP contribution >= 0.6 is 11.3 Å². The molecule has 42 heavy (non-hydrogen) atoms. The van der Waals surface area contributed by atoms with E-state index in [1.165, 1.54) is 11.3 Å². The van der Waals surface area contributed by atoms with Crippen LogP contribution in [0.2, 0.25) is 0 Å². The molecule has 1 aromatic heterocycles. The van der Waals surface area contributed by atoms with Crippen molar-refractivity contribution in [1.29, 1.82) is 0 Å². The van der Waals surface area contributed by atoms with Gasteiger partial charge in [0.1, 0.15) is 9.96 Å². The lowest BCUT2D eigenvalue weighted by Gasteiger charge is -2.31. The number of nitrogens with two attached hydrogens (primary N) is 1. The van der Waals surface area contributed by atoms with E-state index in [1.54, 1.807) is 72.1 Å². The molecule has 4 aromatic rings. The summed E-state index contributed by atoms with van der Waals surface area (Å²) in [6.07, 6.45) is 1.51. The number of sulfonamides is 1. The zero-order valence-electron chi connectivity index (χ0n) is 23.2. The molecule has 0 bridgehead atoms. The van der Waals surface area contributed by atoms with E-state index in [0.29, 0.717) is 34.2 Å².